The van der Waals surface area contributed by atoms with Crippen molar-refractivity contribution in [1.29, 1.82) is 5.26 Å². The summed E-state index contributed by atoms with van der Waals surface area (Å²) in [5.41, 5.74) is 4.37. The molecule has 5 rings (SSSR count). The number of amides is 4. The van der Waals surface area contributed by atoms with Gasteiger partial charge in [-0.1, -0.05) is 11.6 Å². The minimum Gasteiger partial charge on any atom is -0.308 e. The first kappa shape index (κ1) is 23.1. The number of hydrogen-bond donors (Lipinski definition) is 1. The van der Waals surface area contributed by atoms with Gasteiger partial charge in [-0.3, -0.25) is 14.9 Å². The summed E-state index contributed by atoms with van der Waals surface area (Å²) in [6.45, 7) is 3.83. The number of carbonyl (C=O) groups excluding carboxylic acids is 3. The van der Waals surface area contributed by atoms with Crippen LogP contribution in [0.4, 0.5) is 10.5 Å². The third kappa shape index (κ3) is 3.87. The van der Waals surface area contributed by atoms with Gasteiger partial charge in [-0.2, -0.15) is 5.26 Å². The van der Waals surface area contributed by atoms with Crippen LogP contribution in [0, 0.1) is 25.2 Å². The lowest BCUT2D eigenvalue weighted by atomic mass is 9.96. The van der Waals surface area contributed by atoms with Crippen LogP contribution in [-0.2, 0) is 22.4 Å². The smallest absolute Gasteiger partial charge is 0.308 e. The van der Waals surface area contributed by atoms with Gasteiger partial charge in [0.25, 0.3) is 11.8 Å². The van der Waals surface area contributed by atoms with E-state index in [9.17, 15) is 19.6 Å². The van der Waals surface area contributed by atoms with Crippen LogP contribution < -0.4 is 10.2 Å². The quantitative estimate of drug-likeness (QED) is 0.390. The number of urea groups is 1. The van der Waals surface area contributed by atoms with Crippen LogP contribution in [0.25, 0.3) is 11.1 Å². The fraction of sp³-hybridized carbons (Fsp3) is 0.231. The molecular weight excluding hydrogens is 484 g/mol. The number of benzene rings is 1. The second-order valence-electron chi connectivity index (χ2n) is 8.60. The fourth-order valence-electron chi connectivity index (χ4n) is 4.71. The molecule has 1 aromatic carbocycles. The van der Waals surface area contributed by atoms with Crippen LogP contribution in [0.5, 0.6) is 0 Å². The highest BCUT2D eigenvalue weighted by atomic mass is 35.5. The molecule has 1 aliphatic carbocycles. The van der Waals surface area contributed by atoms with E-state index in [0.717, 1.165) is 52.5 Å². The molecule has 35 heavy (non-hydrogen) atoms. The van der Waals surface area contributed by atoms with Crippen LogP contribution in [-0.4, -0.2) is 22.4 Å². The molecule has 0 radical (unpaired) electrons. The van der Waals surface area contributed by atoms with Crippen molar-refractivity contribution in [1.82, 2.24) is 9.88 Å². The number of halogens is 1. The van der Waals surface area contributed by atoms with E-state index in [2.05, 4.69) is 11.4 Å². The van der Waals surface area contributed by atoms with Crippen molar-refractivity contribution in [2.24, 2.45) is 0 Å². The second kappa shape index (κ2) is 8.84. The van der Waals surface area contributed by atoms with E-state index in [4.69, 9.17) is 11.6 Å². The minimum atomic E-state index is -0.812. The Labute approximate surface area is 211 Å². The number of nitrogens with one attached hydrogen (secondary N) is 1. The zero-order valence-electron chi connectivity index (χ0n) is 19.1. The predicted octanol–water partition coefficient (Wildman–Crippen LogP) is 5.23. The Morgan fingerprint density at radius 2 is 1.83 bits per heavy atom. The number of nitrogens with zero attached hydrogens (tertiary/aromatic N) is 3. The number of hydrogen-bond acceptors (Lipinski definition) is 5. The highest BCUT2D eigenvalue weighted by Crippen LogP contribution is 2.38. The molecule has 0 unspecified atom stereocenters. The summed E-state index contributed by atoms with van der Waals surface area (Å²) in [7, 11) is 0. The van der Waals surface area contributed by atoms with Crippen molar-refractivity contribution in [2.75, 3.05) is 4.90 Å². The van der Waals surface area contributed by atoms with E-state index in [1.807, 2.05) is 24.5 Å². The standard InChI is InChI=1S/C26H21ClN4O3S/c1-14-11-16(15(2)30(14)25-21(13-28)19-5-3-4-6-22(19)35-25)12-20-23(32)29-26(34)31(24(20)33)18-9-7-17(27)8-10-18/h7-12H,3-6H2,1-2H3,(H,29,32,34)/b20-12+. The van der Waals surface area contributed by atoms with Gasteiger partial charge < -0.3 is 4.57 Å². The molecule has 2 aromatic heterocycles. The van der Waals surface area contributed by atoms with Gasteiger partial charge in [0.05, 0.1) is 11.3 Å². The maximum absolute atomic E-state index is 13.2. The highest BCUT2D eigenvalue weighted by Gasteiger charge is 2.37. The van der Waals surface area contributed by atoms with Crippen molar-refractivity contribution in [3.8, 4) is 11.1 Å². The second-order valence-corrected chi connectivity index (χ2v) is 10.1. The molecule has 9 heteroatoms. The van der Waals surface area contributed by atoms with Crippen molar-refractivity contribution < 1.29 is 14.4 Å². The average Bonchev–Trinajstić information content (AvgIpc) is 3.33. The predicted molar refractivity (Wildman–Crippen MR) is 135 cm³/mol. The monoisotopic (exact) mass is 504 g/mol. The zero-order valence-corrected chi connectivity index (χ0v) is 20.7. The van der Waals surface area contributed by atoms with Crippen LogP contribution in [0.3, 0.4) is 0 Å². The Kier molecular flexibility index (Phi) is 5.83. The largest absolute Gasteiger partial charge is 0.335 e. The SMILES string of the molecule is Cc1cc(/C=C2\C(=O)NC(=O)N(c3ccc(Cl)cc3)C2=O)c(C)n1-c1sc2c(c1C#N)CCCC2. The molecule has 1 saturated heterocycles. The Morgan fingerprint density at radius 3 is 2.54 bits per heavy atom. The number of anilines is 1. The van der Waals surface area contributed by atoms with E-state index >= 15 is 0 Å². The van der Waals surface area contributed by atoms with E-state index in [1.165, 1.54) is 11.0 Å². The summed E-state index contributed by atoms with van der Waals surface area (Å²) in [6.07, 6.45) is 5.60. The first-order chi connectivity index (χ1) is 16.8. The van der Waals surface area contributed by atoms with Gasteiger partial charge in [-0.15, -0.1) is 11.3 Å². The highest BCUT2D eigenvalue weighted by molar-refractivity contribution is 7.15. The van der Waals surface area contributed by atoms with Crippen LogP contribution in [0.15, 0.2) is 35.9 Å². The molecule has 3 heterocycles. The van der Waals surface area contributed by atoms with E-state index in [0.29, 0.717) is 21.8 Å². The van der Waals surface area contributed by atoms with Gasteiger partial charge in [0.15, 0.2) is 0 Å². The lowest BCUT2D eigenvalue weighted by molar-refractivity contribution is -0.122. The number of nitriles is 1. The normalized spacial score (nSPS) is 16.9. The molecule has 0 spiro atoms. The first-order valence-electron chi connectivity index (χ1n) is 11.2. The zero-order chi connectivity index (χ0) is 24.9. The number of barbiturate groups is 1. The van der Waals surface area contributed by atoms with Crippen LogP contribution in [0.1, 0.15) is 45.8 Å². The summed E-state index contributed by atoms with van der Waals surface area (Å²) < 4.78 is 2.02. The van der Waals surface area contributed by atoms with Gasteiger partial charge in [-0.05, 0) is 87.1 Å². The molecule has 1 aliphatic heterocycles. The summed E-state index contributed by atoms with van der Waals surface area (Å²) in [6, 6.07) is 9.69. The van der Waals surface area contributed by atoms with Crippen molar-refractivity contribution in [3.05, 3.63) is 73.9 Å². The molecule has 1 fully saturated rings. The van der Waals surface area contributed by atoms with Crippen molar-refractivity contribution in [3.63, 3.8) is 0 Å². The van der Waals surface area contributed by atoms with Crippen LogP contribution in [0.2, 0.25) is 5.02 Å². The number of rotatable bonds is 3. The van der Waals surface area contributed by atoms with Gasteiger partial charge in [0.2, 0.25) is 0 Å². The Bertz CT molecular complexity index is 1470. The number of imide groups is 2. The fourth-order valence-corrected chi connectivity index (χ4v) is 6.28. The number of aromatic nitrogens is 1. The Morgan fingerprint density at radius 1 is 1.11 bits per heavy atom. The molecule has 7 nitrogen and oxygen atoms in total. The molecule has 2 aliphatic rings. The third-order valence-corrected chi connectivity index (χ3v) is 7.95. The number of carbonyl (C=O) groups is 3. The van der Waals surface area contributed by atoms with Gasteiger partial charge in [0, 0.05) is 21.3 Å². The number of aryl methyl sites for hydroxylation is 2. The lowest BCUT2D eigenvalue weighted by Gasteiger charge is -2.26. The average molecular weight is 505 g/mol. The molecule has 1 N–H and O–H groups in total. The van der Waals surface area contributed by atoms with Gasteiger partial charge >= 0.3 is 6.03 Å². The third-order valence-electron chi connectivity index (χ3n) is 6.42. The maximum atomic E-state index is 13.2. The van der Waals surface area contributed by atoms with Crippen molar-refractivity contribution in [2.45, 2.75) is 39.5 Å². The molecule has 4 amide bonds. The summed E-state index contributed by atoms with van der Waals surface area (Å²) >= 11 is 7.57. The van der Waals surface area contributed by atoms with E-state index < -0.39 is 17.8 Å². The summed E-state index contributed by atoms with van der Waals surface area (Å²) in [4.78, 5) is 40.5. The maximum Gasteiger partial charge on any atom is 0.335 e. The van der Waals surface area contributed by atoms with Crippen LogP contribution >= 0.6 is 22.9 Å². The lowest BCUT2D eigenvalue weighted by Crippen LogP contribution is -2.54. The summed E-state index contributed by atoms with van der Waals surface area (Å²) in [5.74, 6) is -1.46. The number of fused-ring (bicyclic) bond motifs is 1. The Hall–Kier alpha value is -3.67. The first-order valence-corrected chi connectivity index (χ1v) is 12.4. The number of thiophene rings is 1. The van der Waals surface area contributed by atoms with Crippen molar-refractivity contribution >= 4 is 52.5 Å². The topological polar surface area (TPSA) is 95.2 Å². The molecule has 176 valence electrons. The summed E-state index contributed by atoms with van der Waals surface area (Å²) in [5, 5.41) is 13.5. The van der Waals surface area contributed by atoms with E-state index in [-0.39, 0.29) is 5.57 Å². The molecule has 0 saturated carbocycles. The molecule has 3 aromatic rings. The van der Waals surface area contributed by atoms with Gasteiger partial charge in [0.1, 0.15) is 16.6 Å². The molecular formula is C26H21ClN4O3S. The van der Waals surface area contributed by atoms with E-state index in [1.54, 1.807) is 35.6 Å². The Balaban J connectivity index is 1.57. The minimum absolute atomic E-state index is 0.147. The molecule has 0 atom stereocenters. The molecule has 0 bridgehead atoms. The van der Waals surface area contributed by atoms with Gasteiger partial charge in [-0.25, -0.2) is 9.69 Å².